The summed E-state index contributed by atoms with van der Waals surface area (Å²) in [7, 11) is 0. The molecule has 0 bridgehead atoms. The fourth-order valence-electron chi connectivity index (χ4n) is 6.15. The molecule has 6 aromatic rings. The molecule has 0 aliphatic carbocycles. The number of pyridine rings is 2. The average Bonchev–Trinajstić information content (AvgIpc) is 3.85. The second-order valence-electron chi connectivity index (χ2n) is 11.6. The van der Waals surface area contributed by atoms with Crippen LogP contribution in [0.25, 0.3) is 11.0 Å². The molecule has 8 rings (SSSR count). The van der Waals surface area contributed by atoms with Crippen molar-refractivity contribution in [1.82, 2.24) is 39.0 Å². The molecule has 16 heteroatoms. The number of halogens is 5. The molecule has 8 heterocycles. The summed E-state index contributed by atoms with van der Waals surface area (Å²) in [5.74, 6) is -1.49. The number of amides is 2. The first-order valence-corrected chi connectivity index (χ1v) is 16.6. The number of aromatic amines is 1. The van der Waals surface area contributed by atoms with E-state index in [0.29, 0.717) is 5.69 Å². The summed E-state index contributed by atoms with van der Waals surface area (Å²) in [5, 5.41) is 8.67. The van der Waals surface area contributed by atoms with Gasteiger partial charge in [0.15, 0.2) is 11.4 Å². The predicted octanol–water partition coefficient (Wildman–Crippen LogP) is 7.05. The third-order valence-corrected chi connectivity index (χ3v) is 9.53. The van der Waals surface area contributed by atoms with E-state index in [1.165, 1.54) is 10.5 Å². The Labute approximate surface area is 288 Å². The molecule has 248 valence electrons. The number of carbonyl (C=O) groups is 2. The molecular formula is C32H27Br2F3N8O3. The molecule has 0 saturated heterocycles. The first kappa shape index (κ1) is 32.1. The highest BCUT2D eigenvalue weighted by molar-refractivity contribution is 9.10. The molecule has 0 aromatic carbocycles. The van der Waals surface area contributed by atoms with E-state index in [4.69, 9.17) is 4.42 Å². The fourth-order valence-corrected chi connectivity index (χ4v) is 6.80. The zero-order valence-corrected chi connectivity index (χ0v) is 28.7. The van der Waals surface area contributed by atoms with Crippen LogP contribution in [0.5, 0.6) is 0 Å². The molecule has 1 N–H and O–H groups in total. The standard InChI is InChI=1S/C16H12BrF3N4O2.C16H15BrN4O/c1-8-13-12(26-15(21-13)16(18,19)20)4-5-23(8)14(25)11-6-10-3-2-9(17)7-24(10)22-11;1-10-15-11(4-6-18-15)5-7-20(10)16(22)14-8-13-3-2-12(17)9-21(13)19-14/h2-3,6-8H,4-5H2,1H3;2-4,6,8-10,18H,5,7H2,1H3. The molecule has 48 heavy (non-hydrogen) atoms. The maximum Gasteiger partial charge on any atom is 0.468 e. The second kappa shape index (κ2) is 12.2. The van der Waals surface area contributed by atoms with Crippen LogP contribution in [0.1, 0.15) is 75.5 Å². The van der Waals surface area contributed by atoms with Gasteiger partial charge in [-0.1, -0.05) is 0 Å². The lowest BCUT2D eigenvalue weighted by molar-refractivity contribution is -0.157. The second-order valence-corrected chi connectivity index (χ2v) is 13.4. The number of oxazole rings is 1. The Bertz CT molecular complexity index is 2190. The van der Waals surface area contributed by atoms with Crippen LogP contribution < -0.4 is 0 Å². The predicted molar refractivity (Wildman–Crippen MR) is 174 cm³/mol. The van der Waals surface area contributed by atoms with Crippen LogP contribution in [0.2, 0.25) is 0 Å². The van der Waals surface area contributed by atoms with Crippen LogP contribution in [0, 0.1) is 0 Å². The minimum atomic E-state index is -4.65. The molecule has 2 aliphatic heterocycles. The van der Waals surface area contributed by atoms with Gasteiger partial charge in [0, 0.05) is 52.7 Å². The first-order chi connectivity index (χ1) is 22.9. The number of nitrogens with zero attached hydrogens (tertiary/aromatic N) is 7. The number of alkyl halides is 3. The minimum absolute atomic E-state index is 0.0208. The number of nitrogens with one attached hydrogen (secondary N) is 1. The summed E-state index contributed by atoms with van der Waals surface area (Å²) in [4.78, 5) is 35.8. The lowest BCUT2D eigenvalue weighted by atomic mass is 10.0. The molecule has 2 unspecified atom stereocenters. The number of H-pyrrole nitrogens is 1. The van der Waals surface area contributed by atoms with Crippen molar-refractivity contribution in [3.05, 3.63) is 110 Å². The first-order valence-electron chi connectivity index (χ1n) is 15.0. The minimum Gasteiger partial charge on any atom is -0.438 e. The van der Waals surface area contributed by atoms with Crippen LogP contribution in [0.4, 0.5) is 13.2 Å². The third kappa shape index (κ3) is 5.91. The van der Waals surface area contributed by atoms with Crippen molar-refractivity contribution in [3.8, 4) is 0 Å². The highest BCUT2D eigenvalue weighted by atomic mass is 79.9. The molecule has 2 amide bonds. The molecular weight excluding hydrogens is 761 g/mol. The lowest BCUT2D eigenvalue weighted by Crippen LogP contribution is -2.39. The van der Waals surface area contributed by atoms with Gasteiger partial charge in [0.05, 0.1) is 23.1 Å². The number of hydrogen-bond donors (Lipinski definition) is 1. The molecule has 0 fully saturated rings. The van der Waals surface area contributed by atoms with Gasteiger partial charge in [-0.25, -0.2) is 14.0 Å². The third-order valence-electron chi connectivity index (χ3n) is 8.60. The monoisotopic (exact) mass is 786 g/mol. The average molecular weight is 788 g/mol. The normalized spacial score (nSPS) is 17.6. The van der Waals surface area contributed by atoms with Crippen LogP contribution in [-0.2, 0) is 19.0 Å². The molecule has 11 nitrogen and oxygen atoms in total. The van der Waals surface area contributed by atoms with Gasteiger partial charge in [-0.2, -0.15) is 23.4 Å². The van der Waals surface area contributed by atoms with Crippen molar-refractivity contribution in [2.45, 2.75) is 44.9 Å². The van der Waals surface area contributed by atoms with Gasteiger partial charge in [0.25, 0.3) is 11.8 Å². The van der Waals surface area contributed by atoms with E-state index in [-0.39, 0.29) is 48.0 Å². The lowest BCUT2D eigenvalue weighted by Gasteiger charge is -2.33. The topological polar surface area (TPSA) is 117 Å². The van der Waals surface area contributed by atoms with Crippen LogP contribution in [0.15, 0.2) is 74.4 Å². The molecule has 2 aliphatic rings. The van der Waals surface area contributed by atoms with Crippen molar-refractivity contribution in [2.75, 3.05) is 13.1 Å². The Morgan fingerprint density at radius 3 is 2.00 bits per heavy atom. The zero-order chi connectivity index (χ0) is 33.9. The molecule has 2 atom stereocenters. The van der Waals surface area contributed by atoms with Crippen molar-refractivity contribution < 1.29 is 27.2 Å². The number of rotatable bonds is 2. The summed E-state index contributed by atoms with van der Waals surface area (Å²) >= 11 is 6.75. The maximum absolute atomic E-state index is 12.8. The molecule has 6 aromatic heterocycles. The zero-order valence-electron chi connectivity index (χ0n) is 25.5. The van der Waals surface area contributed by atoms with Crippen molar-refractivity contribution in [3.63, 3.8) is 0 Å². The van der Waals surface area contributed by atoms with Gasteiger partial charge in [0.2, 0.25) is 0 Å². The van der Waals surface area contributed by atoms with E-state index in [2.05, 4.69) is 65.0 Å². The Morgan fingerprint density at radius 2 is 1.42 bits per heavy atom. The Kier molecular flexibility index (Phi) is 8.18. The number of carbonyl (C=O) groups excluding carboxylic acids is 2. The summed E-state index contributed by atoms with van der Waals surface area (Å²) in [6, 6.07) is 12.5. The number of fused-ring (bicyclic) bond motifs is 4. The van der Waals surface area contributed by atoms with E-state index in [1.807, 2.05) is 41.6 Å². The summed E-state index contributed by atoms with van der Waals surface area (Å²) in [6.07, 6.45) is 1.92. The quantitative estimate of drug-likeness (QED) is 0.201. The summed E-state index contributed by atoms with van der Waals surface area (Å²) in [5.41, 5.74) is 4.93. The highest BCUT2D eigenvalue weighted by Gasteiger charge is 2.42. The van der Waals surface area contributed by atoms with Crippen LogP contribution >= 0.6 is 31.9 Å². The molecule has 0 spiro atoms. The SMILES string of the molecule is CC1c2[nH]ccc2CCN1C(=O)c1cc2ccc(Br)cn2n1.CC1c2nc(C(F)(F)F)oc2CCN1C(=O)c1cc2ccc(Br)cn2n1. The number of aromatic nitrogens is 6. The van der Waals surface area contributed by atoms with Gasteiger partial charge in [-0.05, 0) is 100 Å². The number of hydrogen-bond acceptors (Lipinski definition) is 6. The smallest absolute Gasteiger partial charge is 0.438 e. The highest BCUT2D eigenvalue weighted by Crippen LogP contribution is 2.36. The fraction of sp³-hybridized carbons (Fsp3) is 0.281. The Hall–Kier alpha value is -4.44. The van der Waals surface area contributed by atoms with E-state index in [1.54, 1.807) is 34.3 Å². The van der Waals surface area contributed by atoms with Gasteiger partial charge in [-0.3, -0.25) is 9.59 Å². The van der Waals surface area contributed by atoms with E-state index in [0.717, 1.165) is 38.6 Å². The van der Waals surface area contributed by atoms with Crippen molar-refractivity contribution in [2.24, 2.45) is 0 Å². The largest absolute Gasteiger partial charge is 0.468 e. The van der Waals surface area contributed by atoms with Crippen LogP contribution in [0.3, 0.4) is 0 Å². The van der Waals surface area contributed by atoms with Crippen molar-refractivity contribution >= 4 is 54.7 Å². The van der Waals surface area contributed by atoms with Gasteiger partial charge < -0.3 is 19.2 Å². The van der Waals surface area contributed by atoms with Gasteiger partial charge in [0.1, 0.15) is 11.5 Å². The van der Waals surface area contributed by atoms with Gasteiger partial charge in [-0.15, -0.1) is 0 Å². The van der Waals surface area contributed by atoms with Crippen LogP contribution in [-0.4, -0.2) is 63.9 Å². The summed E-state index contributed by atoms with van der Waals surface area (Å²) in [6.45, 7) is 4.64. The van der Waals surface area contributed by atoms with Gasteiger partial charge >= 0.3 is 12.1 Å². The van der Waals surface area contributed by atoms with E-state index >= 15 is 0 Å². The molecule has 0 saturated carbocycles. The van der Waals surface area contributed by atoms with E-state index < -0.39 is 18.1 Å². The molecule has 0 radical (unpaired) electrons. The Morgan fingerprint density at radius 1 is 0.854 bits per heavy atom. The maximum atomic E-state index is 12.8. The van der Waals surface area contributed by atoms with E-state index in [9.17, 15) is 22.8 Å². The summed E-state index contributed by atoms with van der Waals surface area (Å²) < 4.78 is 48.3. The Balaban J connectivity index is 0.000000154. The van der Waals surface area contributed by atoms with Crippen molar-refractivity contribution in [1.29, 1.82) is 0 Å².